The molecule has 0 amide bonds. The summed E-state index contributed by atoms with van der Waals surface area (Å²) in [5.41, 5.74) is 1.32. The smallest absolute Gasteiger partial charge is 0.357 e. The molecule has 1 aliphatic carbocycles. The van der Waals surface area contributed by atoms with Crippen LogP contribution in [0.5, 0.6) is 0 Å². The van der Waals surface area contributed by atoms with Crippen molar-refractivity contribution in [1.82, 2.24) is 40.6 Å². The van der Waals surface area contributed by atoms with E-state index >= 15 is 0 Å². The lowest BCUT2D eigenvalue weighted by Gasteiger charge is -2.31. The highest BCUT2D eigenvalue weighted by Gasteiger charge is 2.49. The maximum atomic E-state index is 12.2. The first-order valence-electron chi connectivity index (χ1n) is 11.7. The lowest BCUT2D eigenvalue weighted by Crippen LogP contribution is -2.39. The zero-order valence-electron chi connectivity index (χ0n) is 19.7. The number of aromatic amines is 1. The first kappa shape index (κ1) is 26.3. The van der Waals surface area contributed by atoms with E-state index in [1.54, 1.807) is 6.07 Å². The number of tetrazole rings is 1. The predicted molar refractivity (Wildman–Crippen MR) is 126 cm³/mol. The largest absolute Gasteiger partial charge is 0.387 e. The Labute approximate surface area is 214 Å². The summed E-state index contributed by atoms with van der Waals surface area (Å²) in [6, 6.07) is 1.94. The van der Waals surface area contributed by atoms with Gasteiger partial charge in [0, 0.05) is 18.5 Å². The number of ether oxygens (including phenoxy) is 2. The molecule has 6 N–H and O–H groups in total. The molecule has 5 rings (SSSR count). The van der Waals surface area contributed by atoms with Gasteiger partial charge in [0.2, 0.25) is 0 Å². The molecular weight excluding hydrogens is 533 g/mol. The molecule has 0 bridgehead atoms. The molecule has 3 aromatic heterocycles. The Morgan fingerprint density at radius 2 is 2.05 bits per heavy atom. The Morgan fingerprint density at radius 1 is 1.30 bits per heavy atom. The minimum atomic E-state index is -4.84. The van der Waals surface area contributed by atoms with Crippen molar-refractivity contribution in [2.75, 3.05) is 11.9 Å². The molecule has 4 heterocycles. The summed E-state index contributed by atoms with van der Waals surface area (Å²) < 4.78 is 24.8. The van der Waals surface area contributed by atoms with Crippen molar-refractivity contribution in [3.63, 3.8) is 0 Å². The lowest BCUT2D eigenvalue weighted by atomic mass is 10.1. The van der Waals surface area contributed by atoms with Gasteiger partial charge in [-0.2, -0.15) is 4.68 Å². The minimum Gasteiger partial charge on any atom is -0.387 e. The molecule has 0 spiro atoms. The Kier molecular flexibility index (Phi) is 7.19. The third-order valence-corrected chi connectivity index (χ3v) is 8.47. The number of aliphatic hydroxyl groups is 2. The van der Waals surface area contributed by atoms with Crippen molar-refractivity contribution in [2.45, 2.75) is 75.0 Å². The highest BCUT2D eigenvalue weighted by molar-refractivity contribution is 7.53. The Morgan fingerprint density at radius 3 is 2.73 bits per heavy atom. The highest BCUT2D eigenvalue weighted by Crippen LogP contribution is 2.52. The van der Waals surface area contributed by atoms with Gasteiger partial charge in [-0.05, 0) is 30.2 Å². The SMILES string of the molecule is CC(Cc1nnn[nH]1)(OC[C@H]1O[C@@H](n2nnc3c(NC4CCCC4)cc(Cl)nc32)[C@H](O)[C@@H]1O)P(=O)(O)O. The summed E-state index contributed by atoms with van der Waals surface area (Å²) in [5, 5.41) is 44.1. The predicted octanol–water partition coefficient (Wildman–Crippen LogP) is 0.120. The van der Waals surface area contributed by atoms with Gasteiger partial charge in [-0.25, -0.2) is 10.1 Å². The van der Waals surface area contributed by atoms with E-state index < -0.39 is 44.1 Å². The third kappa shape index (κ3) is 5.20. The molecule has 2 fully saturated rings. The van der Waals surface area contributed by atoms with Crippen LogP contribution in [0.2, 0.25) is 5.15 Å². The number of halogens is 1. The van der Waals surface area contributed by atoms with Crippen LogP contribution in [-0.4, -0.2) is 96.9 Å². The van der Waals surface area contributed by atoms with E-state index in [1.165, 1.54) is 11.6 Å². The fourth-order valence-electron chi connectivity index (χ4n) is 4.59. The molecule has 3 aromatic rings. The van der Waals surface area contributed by atoms with Crippen LogP contribution in [0.15, 0.2) is 6.07 Å². The molecule has 1 saturated carbocycles. The second-order valence-electron chi connectivity index (χ2n) is 9.43. The minimum absolute atomic E-state index is 0.0932. The van der Waals surface area contributed by atoms with Gasteiger partial charge >= 0.3 is 7.60 Å². The number of nitrogens with one attached hydrogen (secondary N) is 2. The monoisotopic (exact) mass is 559 g/mol. The molecule has 37 heavy (non-hydrogen) atoms. The highest BCUT2D eigenvalue weighted by atomic mass is 35.5. The summed E-state index contributed by atoms with van der Waals surface area (Å²) >= 11 is 6.26. The van der Waals surface area contributed by atoms with Crippen LogP contribution in [0.4, 0.5) is 5.69 Å². The average Bonchev–Trinajstić information content (AvgIpc) is 3.63. The van der Waals surface area contributed by atoms with E-state index in [0.29, 0.717) is 11.2 Å². The maximum Gasteiger partial charge on any atom is 0.357 e. The summed E-state index contributed by atoms with van der Waals surface area (Å²) in [5.74, 6) is 0.0932. The number of rotatable bonds is 9. The van der Waals surface area contributed by atoms with E-state index in [4.69, 9.17) is 21.1 Å². The number of H-pyrrole nitrogens is 1. The standard InChI is InChI=1S/C19H27ClN9O7P/c1-19(37(32,33)34,7-13-23-26-27-24-13)35-8-11-15(30)16(31)18(36-11)29-17-14(25-28-29)10(6-12(20)22-17)21-9-4-2-3-5-9/h6,9,11,15-16,18,30-31H,2-5,7-8H2,1H3,(H,21,22)(H2,32,33,34)(H,23,24,26,27)/t11-,15-,16-,18-,19?/m1/s1. The zero-order chi connectivity index (χ0) is 26.4. The summed E-state index contributed by atoms with van der Waals surface area (Å²) in [6.07, 6.45) is -1.34. The summed E-state index contributed by atoms with van der Waals surface area (Å²) in [6.45, 7) is 0.731. The van der Waals surface area contributed by atoms with Crippen LogP contribution < -0.4 is 5.32 Å². The molecule has 0 aromatic carbocycles. The van der Waals surface area contributed by atoms with E-state index in [9.17, 15) is 24.6 Å². The quantitative estimate of drug-likeness (QED) is 0.151. The first-order chi connectivity index (χ1) is 17.6. The second-order valence-corrected chi connectivity index (χ2v) is 11.8. The lowest BCUT2D eigenvalue weighted by molar-refractivity contribution is -0.0949. The molecule has 0 radical (unpaired) electrons. The molecule has 1 unspecified atom stereocenters. The number of aromatic nitrogens is 8. The number of hydrogen-bond donors (Lipinski definition) is 6. The fraction of sp³-hybridized carbons (Fsp3) is 0.684. The van der Waals surface area contributed by atoms with Gasteiger partial charge in [-0.1, -0.05) is 29.7 Å². The number of pyridine rings is 1. The van der Waals surface area contributed by atoms with Crippen LogP contribution in [0, 0.1) is 0 Å². The van der Waals surface area contributed by atoms with Gasteiger partial charge in [-0.3, -0.25) is 4.57 Å². The van der Waals surface area contributed by atoms with Crippen molar-refractivity contribution in [1.29, 1.82) is 0 Å². The van der Waals surface area contributed by atoms with Gasteiger partial charge in [-0.15, -0.1) is 10.2 Å². The Bertz CT molecular complexity index is 1280. The number of fused-ring (bicyclic) bond motifs is 1. The summed E-state index contributed by atoms with van der Waals surface area (Å²) in [4.78, 5) is 24.1. The molecule has 18 heteroatoms. The van der Waals surface area contributed by atoms with Crippen LogP contribution >= 0.6 is 19.2 Å². The average molecular weight is 560 g/mol. The van der Waals surface area contributed by atoms with Gasteiger partial charge in [0.05, 0.1) is 12.3 Å². The first-order valence-corrected chi connectivity index (χ1v) is 13.7. The molecule has 16 nitrogen and oxygen atoms in total. The molecular formula is C19H27ClN9O7P. The van der Waals surface area contributed by atoms with E-state index in [2.05, 4.69) is 41.2 Å². The van der Waals surface area contributed by atoms with Crippen molar-refractivity contribution >= 4 is 36.0 Å². The summed E-state index contributed by atoms with van der Waals surface area (Å²) in [7, 11) is -4.84. The van der Waals surface area contributed by atoms with Crippen molar-refractivity contribution in [3.8, 4) is 0 Å². The topological polar surface area (TPSA) is 227 Å². The normalized spacial score (nSPS) is 26.6. The van der Waals surface area contributed by atoms with E-state index in [0.717, 1.165) is 25.7 Å². The van der Waals surface area contributed by atoms with Crippen LogP contribution in [0.25, 0.3) is 11.2 Å². The van der Waals surface area contributed by atoms with Crippen LogP contribution in [0.1, 0.15) is 44.7 Å². The molecule has 5 atom stereocenters. The molecule has 2 aliphatic rings. The van der Waals surface area contributed by atoms with Crippen LogP contribution in [0.3, 0.4) is 0 Å². The Balaban J connectivity index is 1.35. The van der Waals surface area contributed by atoms with Crippen LogP contribution in [-0.2, 0) is 20.5 Å². The van der Waals surface area contributed by atoms with Gasteiger partial charge in [0.1, 0.15) is 23.5 Å². The fourth-order valence-corrected chi connectivity index (χ4v) is 5.38. The second kappa shape index (κ2) is 10.1. The van der Waals surface area contributed by atoms with Crippen molar-refractivity contribution in [2.24, 2.45) is 0 Å². The maximum absolute atomic E-state index is 12.2. The molecule has 202 valence electrons. The Hall–Kier alpha value is -2.30. The van der Waals surface area contributed by atoms with E-state index in [1.807, 2.05) is 0 Å². The van der Waals surface area contributed by atoms with E-state index in [-0.39, 0.29) is 29.1 Å². The van der Waals surface area contributed by atoms with Crippen molar-refractivity contribution < 1.29 is 34.0 Å². The molecule has 1 aliphatic heterocycles. The van der Waals surface area contributed by atoms with Gasteiger partial charge in [0.25, 0.3) is 0 Å². The number of hydrogen-bond acceptors (Lipinski definition) is 12. The zero-order valence-corrected chi connectivity index (χ0v) is 21.3. The van der Waals surface area contributed by atoms with Gasteiger partial charge < -0.3 is 34.8 Å². The van der Waals surface area contributed by atoms with Crippen molar-refractivity contribution in [3.05, 3.63) is 17.0 Å². The number of anilines is 1. The number of aliphatic hydroxyl groups excluding tert-OH is 2. The third-order valence-electron chi connectivity index (χ3n) is 6.75. The number of nitrogens with zero attached hydrogens (tertiary/aromatic N) is 7. The molecule has 1 saturated heterocycles. The van der Waals surface area contributed by atoms with Gasteiger partial charge in [0.15, 0.2) is 28.6 Å².